The number of hydrogen-bond acceptors (Lipinski definition) is 6. The van der Waals surface area contributed by atoms with E-state index in [0.717, 1.165) is 5.56 Å². The summed E-state index contributed by atoms with van der Waals surface area (Å²) < 4.78 is 20.4. The first kappa shape index (κ1) is 17.9. The van der Waals surface area contributed by atoms with E-state index >= 15 is 0 Å². The Labute approximate surface area is 140 Å². The summed E-state index contributed by atoms with van der Waals surface area (Å²) in [6.45, 7) is 1.06. The second kappa shape index (κ2) is 8.39. The van der Waals surface area contributed by atoms with Crippen LogP contribution in [0, 0.1) is 0 Å². The maximum absolute atomic E-state index is 12.2. The molecule has 0 unspecified atom stereocenters. The van der Waals surface area contributed by atoms with Gasteiger partial charge in [-0.3, -0.25) is 9.69 Å². The van der Waals surface area contributed by atoms with E-state index in [1.165, 1.54) is 12.0 Å². The lowest BCUT2D eigenvalue weighted by molar-refractivity contribution is -0.125. The molecule has 0 bridgehead atoms. The van der Waals surface area contributed by atoms with Crippen molar-refractivity contribution in [1.82, 2.24) is 10.2 Å². The van der Waals surface area contributed by atoms with Gasteiger partial charge in [0, 0.05) is 13.7 Å². The number of carbonyl (C=O) groups excluding carboxylic acids is 2. The lowest BCUT2D eigenvalue weighted by atomic mass is 10.1. The molecule has 0 saturated carbocycles. The minimum Gasteiger partial charge on any atom is -0.493 e. The summed E-state index contributed by atoms with van der Waals surface area (Å²) in [6, 6.07) is 4.67. The van der Waals surface area contributed by atoms with E-state index < -0.39 is 12.1 Å². The highest BCUT2D eigenvalue weighted by Gasteiger charge is 2.37. The first-order valence-corrected chi connectivity index (χ1v) is 7.51. The maximum atomic E-state index is 12.2. The van der Waals surface area contributed by atoms with Gasteiger partial charge in [0.1, 0.15) is 12.6 Å². The van der Waals surface area contributed by atoms with Gasteiger partial charge in [-0.1, -0.05) is 6.07 Å². The van der Waals surface area contributed by atoms with Gasteiger partial charge in [0.25, 0.3) is 0 Å². The summed E-state index contributed by atoms with van der Waals surface area (Å²) in [5, 5.41) is 2.72. The van der Waals surface area contributed by atoms with Crippen LogP contribution in [0.15, 0.2) is 18.2 Å². The summed E-state index contributed by atoms with van der Waals surface area (Å²) in [5.41, 5.74) is 0.807. The van der Waals surface area contributed by atoms with Crippen molar-refractivity contribution in [1.29, 1.82) is 0 Å². The zero-order valence-electron chi connectivity index (χ0n) is 14.0. The van der Waals surface area contributed by atoms with Crippen molar-refractivity contribution in [3.63, 3.8) is 0 Å². The maximum Gasteiger partial charge on any atom is 0.410 e. The van der Waals surface area contributed by atoms with Crippen LogP contribution >= 0.6 is 0 Å². The Morgan fingerprint density at radius 3 is 2.71 bits per heavy atom. The van der Waals surface area contributed by atoms with Gasteiger partial charge in [-0.2, -0.15) is 0 Å². The van der Waals surface area contributed by atoms with E-state index in [4.69, 9.17) is 18.9 Å². The molecule has 1 atom stereocenters. The highest BCUT2D eigenvalue weighted by Crippen LogP contribution is 2.29. The summed E-state index contributed by atoms with van der Waals surface area (Å²) >= 11 is 0. The minimum absolute atomic E-state index is 0.0327. The third kappa shape index (κ3) is 4.08. The molecule has 24 heavy (non-hydrogen) atoms. The topological polar surface area (TPSA) is 86.3 Å². The number of amides is 2. The lowest BCUT2D eigenvalue weighted by Gasteiger charge is -2.21. The van der Waals surface area contributed by atoms with Gasteiger partial charge in [0.05, 0.1) is 27.4 Å². The van der Waals surface area contributed by atoms with E-state index in [1.54, 1.807) is 26.4 Å². The van der Waals surface area contributed by atoms with Crippen LogP contribution in [0.2, 0.25) is 0 Å². The first-order chi connectivity index (χ1) is 11.6. The van der Waals surface area contributed by atoms with E-state index in [9.17, 15) is 9.59 Å². The fourth-order valence-corrected chi connectivity index (χ4v) is 2.41. The number of methoxy groups -OCH3 is 3. The smallest absolute Gasteiger partial charge is 0.410 e. The van der Waals surface area contributed by atoms with Crippen LogP contribution < -0.4 is 14.8 Å². The van der Waals surface area contributed by atoms with Gasteiger partial charge < -0.3 is 24.3 Å². The molecule has 8 heteroatoms. The molecule has 1 saturated heterocycles. The molecule has 0 aromatic heterocycles. The van der Waals surface area contributed by atoms with Crippen LogP contribution in [0.3, 0.4) is 0 Å². The Morgan fingerprint density at radius 1 is 1.29 bits per heavy atom. The zero-order chi connectivity index (χ0) is 17.5. The molecule has 1 aromatic carbocycles. The second-order valence-corrected chi connectivity index (χ2v) is 5.19. The molecule has 1 fully saturated rings. The van der Waals surface area contributed by atoms with Crippen molar-refractivity contribution in [2.45, 2.75) is 12.6 Å². The van der Waals surface area contributed by atoms with Crippen molar-refractivity contribution in [2.24, 2.45) is 0 Å². The lowest BCUT2D eigenvalue weighted by Crippen LogP contribution is -2.46. The number of cyclic esters (lactones) is 1. The van der Waals surface area contributed by atoms with Gasteiger partial charge in [-0.05, 0) is 17.7 Å². The van der Waals surface area contributed by atoms with E-state index in [-0.39, 0.29) is 19.1 Å². The Morgan fingerprint density at radius 2 is 2.04 bits per heavy atom. The number of nitrogens with zero attached hydrogens (tertiary/aromatic N) is 1. The number of nitrogens with one attached hydrogen (secondary N) is 1. The number of hydrogen-bond donors (Lipinski definition) is 1. The molecule has 1 heterocycles. The molecule has 8 nitrogen and oxygen atoms in total. The van der Waals surface area contributed by atoms with Crippen molar-refractivity contribution in [3.8, 4) is 11.5 Å². The van der Waals surface area contributed by atoms with Crippen LogP contribution in [-0.2, 0) is 20.8 Å². The van der Waals surface area contributed by atoms with E-state index in [2.05, 4.69) is 5.32 Å². The molecule has 0 radical (unpaired) electrons. The average Bonchev–Trinajstić information content (AvgIpc) is 2.95. The molecule has 2 rings (SSSR count). The average molecular weight is 338 g/mol. The molecule has 1 aliphatic rings. The standard InChI is InChI=1S/C16H22N2O6/c1-21-7-6-17-15(19)12-10-24-16(20)18(12)9-11-4-5-13(22-2)14(8-11)23-3/h4-5,8,12H,6-7,9-10H2,1-3H3,(H,17,19)/t12-/m0/s1. The Balaban J connectivity index is 2.08. The molecule has 0 aliphatic carbocycles. The third-order valence-electron chi connectivity index (χ3n) is 3.68. The van der Waals surface area contributed by atoms with Crippen LogP contribution in [0.1, 0.15) is 5.56 Å². The highest BCUT2D eigenvalue weighted by molar-refractivity contribution is 5.87. The Bertz CT molecular complexity index is 592. The second-order valence-electron chi connectivity index (χ2n) is 5.19. The number of ether oxygens (including phenoxy) is 4. The molecular weight excluding hydrogens is 316 g/mol. The Hall–Kier alpha value is -2.48. The third-order valence-corrected chi connectivity index (χ3v) is 3.68. The summed E-state index contributed by atoms with van der Waals surface area (Å²) in [6.07, 6.45) is -0.517. The van der Waals surface area contributed by atoms with Gasteiger partial charge in [0.2, 0.25) is 5.91 Å². The molecule has 1 aliphatic heterocycles. The molecule has 1 N–H and O–H groups in total. The Kier molecular flexibility index (Phi) is 6.25. The monoisotopic (exact) mass is 338 g/mol. The predicted octanol–water partition coefficient (Wildman–Crippen LogP) is 0.787. The number of carbonyl (C=O) groups is 2. The van der Waals surface area contributed by atoms with Gasteiger partial charge in [-0.25, -0.2) is 4.79 Å². The minimum atomic E-state index is -0.664. The molecular formula is C16H22N2O6. The summed E-state index contributed by atoms with van der Waals surface area (Å²) in [4.78, 5) is 25.5. The van der Waals surface area contributed by atoms with Crippen LogP contribution in [0.5, 0.6) is 11.5 Å². The van der Waals surface area contributed by atoms with Crippen molar-refractivity contribution >= 4 is 12.0 Å². The first-order valence-electron chi connectivity index (χ1n) is 7.51. The van der Waals surface area contributed by atoms with E-state index in [0.29, 0.717) is 24.7 Å². The molecule has 132 valence electrons. The number of benzene rings is 1. The van der Waals surface area contributed by atoms with Crippen molar-refractivity contribution < 1.29 is 28.5 Å². The normalized spacial score (nSPS) is 16.7. The molecule has 0 spiro atoms. The largest absolute Gasteiger partial charge is 0.493 e. The van der Waals surface area contributed by atoms with E-state index in [1.807, 2.05) is 6.07 Å². The summed E-state index contributed by atoms with van der Waals surface area (Å²) in [5.74, 6) is 0.890. The predicted molar refractivity (Wildman–Crippen MR) is 85.1 cm³/mol. The van der Waals surface area contributed by atoms with Gasteiger partial charge in [-0.15, -0.1) is 0 Å². The zero-order valence-corrected chi connectivity index (χ0v) is 14.0. The quantitative estimate of drug-likeness (QED) is 0.705. The van der Waals surface area contributed by atoms with Crippen molar-refractivity contribution in [3.05, 3.63) is 23.8 Å². The molecule has 2 amide bonds. The summed E-state index contributed by atoms with van der Waals surface area (Å²) in [7, 11) is 4.64. The molecule has 1 aromatic rings. The van der Waals surface area contributed by atoms with Gasteiger partial charge in [0.15, 0.2) is 11.5 Å². The highest BCUT2D eigenvalue weighted by atomic mass is 16.6. The van der Waals surface area contributed by atoms with Crippen LogP contribution in [-0.4, -0.2) is 64.0 Å². The fourth-order valence-electron chi connectivity index (χ4n) is 2.41. The SMILES string of the molecule is COCCNC(=O)[C@@H]1COC(=O)N1Cc1ccc(OC)c(OC)c1. The van der Waals surface area contributed by atoms with Crippen LogP contribution in [0.25, 0.3) is 0 Å². The van der Waals surface area contributed by atoms with Crippen LogP contribution in [0.4, 0.5) is 4.79 Å². The fraction of sp³-hybridized carbons (Fsp3) is 0.500. The van der Waals surface area contributed by atoms with Gasteiger partial charge >= 0.3 is 6.09 Å². The van der Waals surface area contributed by atoms with Crippen molar-refractivity contribution in [2.75, 3.05) is 41.1 Å². The number of rotatable bonds is 8.